The van der Waals surface area contributed by atoms with E-state index >= 15 is 0 Å². The smallest absolute Gasteiger partial charge is 0.326 e. The summed E-state index contributed by atoms with van der Waals surface area (Å²) in [4.78, 5) is 11.9. The Morgan fingerprint density at radius 3 is 1.92 bits per heavy atom. The molecule has 0 saturated carbocycles. The second kappa shape index (κ2) is 18.1. The summed E-state index contributed by atoms with van der Waals surface area (Å²) >= 11 is 5.30. The molecule has 4 N–H and O–H groups in total. The van der Waals surface area contributed by atoms with Crippen LogP contribution in [0.1, 0.15) is 103 Å². The van der Waals surface area contributed by atoms with Crippen molar-refractivity contribution < 1.29 is 9.90 Å². The number of nitrogens with two attached hydrogens (primary N) is 1. The van der Waals surface area contributed by atoms with E-state index in [9.17, 15) is 9.90 Å². The molecule has 0 aromatic carbocycles. The van der Waals surface area contributed by atoms with Crippen LogP contribution in [0.15, 0.2) is 0 Å². The number of hydrogen-bond donors (Lipinski definition) is 3. The van der Waals surface area contributed by atoms with Crippen LogP contribution in [0.5, 0.6) is 0 Å². The summed E-state index contributed by atoms with van der Waals surface area (Å²) in [6.07, 6.45) is 17.5. The van der Waals surface area contributed by atoms with Gasteiger partial charge in [0.25, 0.3) is 0 Å². The fourth-order valence-corrected chi connectivity index (χ4v) is 3.25. The Balaban J connectivity index is 3.54. The first-order valence-electron chi connectivity index (χ1n) is 10.3. The van der Waals surface area contributed by atoms with Crippen LogP contribution >= 0.6 is 12.2 Å². The Morgan fingerprint density at radius 1 is 0.920 bits per heavy atom. The van der Waals surface area contributed by atoms with Crippen molar-refractivity contribution >= 4 is 23.2 Å². The molecular weight excluding hydrogens is 332 g/mol. The van der Waals surface area contributed by atoms with Crippen molar-refractivity contribution in [1.82, 2.24) is 5.32 Å². The van der Waals surface area contributed by atoms with Crippen LogP contribution in [0.25, 0.3) is 0 Å². The third-order valence-corrected chi connectivity index (χ3v) is 4.91. The van der Waals surface area contributed by atoms with E-state index < -0.39 is 12.0 Å². The minimum Gasteiger partial charge on any atom is -0.480 e. The van der Waals surface area contributed by atoms with Crippen molar-refractivity contribution in [3.63, 3.8) is 0 Å². The second-order valence-corrected chi connectivity index (χ2v) is 7.52. The zero-order valence-corrected chi connectivity index (χ0v) is 17.0. The first-order chi connectivity index (χ1) is 12.1. The predicted octanol–water partition coefficient (Wildman–Crippen LogP) is 5.19. The molecule has 148 valence electrons. The van der Waals surface area contributed by atoms with Crippen LogP contribution in [-0.2, 0) is 4.79 Å². The molecule has 0 fully saturated rings. The van der Waals surface area contributed by atoms with Crippen molar-refractivity contribution in [3.05, 3.63) is 0 Å². The van der Waals surface area contributed by atoms with Gasteiger partial charge in [-0.05, 0) is 38.6 Å². The predicted molar refractivity (Wildman–Crippen MR) is 111 cm³/mol. The summed E-state index contributed by atoms with van der Waals surface area (Å²) < 4.78 is 0. The van der Waals surface area contributed by atoms with E-state index in [-0.39, 0.29) is 0 Å². The highest BCUT2D eigenvalue weighted by Gasteiger charge is 2.17. The van der Waals surface area contributed by atoms with Crippen LogP contribution in [0.3, 0.4) is 0 Å². The highest BCUT2D eigenvalue weighted by molar-refractivity contribution is 7.80. The number of unbranched alkanes of at least 4 members (excludes halogenated alkanes) is 11. The van der Waals surface area contributed by atoms with Crippen molar-refractivity contribution in [2.45, 2.75) is 109 Å². The molecule has 1 unspecified atom stereocenters. The summed E-state index contributed by atoms with van der Waals surface area (Å²) in [5, 5.41) is 12.2. The van der Waals surface area contributed by atoms with Gasteiger partial charge in [0.15, 0.2) is 0 Å². The SMILES string of the molecule is CCCCCCCCCCCCCC(=S)NC(CCCCN)C(=O)O. The number of carboxylic acid groups (broad SMARTS) is 1. The van der Waals surface area contributed by atoms with E-state index in [0.29, 0.717) is 18.0 Å². The lowest BCUT2D eigenvalue weighted by Gasteiger charge is -2.16. The van der Waals surface area contributed by atoms with Crippen LogP contribution in [0.4, 0.5) is 0 Å². The summed E-state index contributed by atoms with van der Waals surface area (Å²) in [7, 11) is 0. The summed E-state index contributed by atoms with van der Waals surface area (Å²) in [6.45, 7) is 2.86. The van der Waals surface area contributed by atoms with E-state index in [4.69, 9.17) is 18.0 Å². The van der Waals surface area contributed by atoms with Crippen LogP contribution < -0.4 is 11.1 Å². The third kappa shape index (κ3) is 16.5. The van der Waals surface area contributed by atoms with Crippen molar-refractivity contribution in [1.29, 1.82) is 0 Å². The van der Waals surface area contributed by atoms with Crippen molar-refractivity contribution in [3.8, 4) is 0 Å². The Morgan fingerprint density at radius 2 is 1.44 bits per heavy atom. The normalized spacial score (nSPS) is 12.1. The number of carboxylic acids is 1. The van der Waals surface area contributed by atoms with Crippen LogP contribution in [0, 0.1) is 0 Å². The van der Waals surface area contributed by atoms with Gasteiger partial charge in [-0.2, -0.15) is 0 Å². The van der Waals surface area contributed by atoms with Gasteiger partial charge in [-0.25, -0.2) is 4.79 Å². The highest BCUT2D eigenvalue weighted by atomic mass is 32.1. The van der Waals surface area contributed by atoms with Gasteiger partial charge in [0.05, 0.1) is 4.99 Å². The summed E-state index contributed by atoms with van der Waals surface area (Å²) in [5.74, 6) is -0.821. The van der Waals surface area contributed by atoms with Gasteiger partial charge in [0, 0.05) is 0 Å². The average molecular weight is 373 g/mol. The molecule has 0 aliphatic heterocycles. The maximum absolute atomic E-state index is 11.2. The molecule has 0 heterocycles. The zero-order chi connectivity index (χ0) is 18.8. The number of rotatable bonds is 18. The fourth-order valence-electron chi connectivity index (χ4n) is 2.97. The van der Waals surface area contributed by atoms with Gasteiger partial charge >= 0.3 is 5.97 Å². The Labute approximate surface area is 160 Å². The quantitative estimate of drug-likeness (QED) is 0.228. The van der Waals surface area contributed by atoms with Gasteiger partial charge < -0.3 is 16.2 Å². The van der Waals surface area contributed by atoms with E-state index in [2.05, 4.69) is 12.2 Å². The monoisotopic (exact) mass is 372 g/mol. The lowest BCUT2D eigenvalue weighted by Crippen LogP contribution is -2.39. The van der Waals surface area contributed by atoms with E-state index in [1.165, 1.54) is 64.2 Å². The third-order valence-electron chi connectivity index (χ3n) is 4.59. The molecule has 0 rings (SSSR count). The van der Waals surface area contributed by atoms with Gasteiger partial charge in [-0.15, -0.1) is 0 Å². The van der Waals surface area contributed by atoms with Crippen molar-refractivity contribution in [2.75, 3.05) is 6.54 Å². The van der Waals surface area contributed by atoms with Gasteiger partial charge in [0.2, 0.25) is 0 Å². The molecule has 5 heteroatoms. The molecule has 0 spiro atoms. The number of carbonyl (C=O) groups is 1. The molecule has 0 radical (unpaired) electrons. The summed E-state index contributed by atoms with van der Waals surface area (Å²) in [6, 6.07) is -0.563. The lowest BCUT2D eigenvalue weighted by atomic mass is 10.1. The topological polar surface area (TPSA) is 75.3 Å². The molecular formula is C20H40N2O2S. The van der Waals surface area contributed by atoms with Crippen LogP contribution in [-0.4, -0.2) is 28.7 Å². The maximum atomic E-state index is 11.2. The Bertz CT molecular complexity index is 338. The molecule has 25 heavy (non-hydrogen) atoms. The minimum absolute atomic E-state index is 0.563. The Kier molecular flexibility index (Phi) is 17.6. The van der Waals surface area contributed by atoms with E-state index in [0.717, 1.165) is 25.7 Å². The van der Waals surface area contributed by atoms with E-state index in [1.807, 2.05) is 0 Å². The Hall–Kier alpha value is -0.680. The first-order valence-corrected chi connectivity index (χ1v) is 10.7. The number of thiocarbonyl (C=S) groups is 1. The fraction of sp³-hybridized carbons (Fsp3) is 0.900. The highest BCUT2D eigenvalue weighted by Crippen LogP contribution is 2.12. The van der Waals surface area contributed by atoms with E-state index in [1.54, 1.807) is 0 Å². The second-order valence-electron chi connectivity index (χ2n) is 7.03. The molecule has 0 aromatic heterocycles. The number of nitrogens with one attached hydrogen (secondary N) is 1. The number of hydrogen-bond acceptors (Lipinski definition) is 3. The first kappa shape index (κ1) is 24.3. The molecule has 0 saturated heterocycles. The largest absolute Gasteiger partial charge is 0.480 e. The average Bonchev–Trinajstić information content (AvgIpc) is 2.58. The standard InChI is InChI=1S/C20H40N2O2S/c1-2-3-4-5-6-7-8-9-10-11-12-16-19(25)22-18(20(23)24)15-13-14-17-21/h18H,2-17,21H2,1H3,(H,22,25)(H,23,24). The summed E-state index contributed by atoms with van der Waals surface area (Å²) in [5.41, 5.74) is 5.45. The van der Waals surface area contributed by atoms with Gasteiger partial charge in [0.1, 0.15) is 6.04 Å². The minimum atomic E-state index is -0.821. The molecule has 0 amide bonds. The van der Waals surface area contributed by atoms with Crippen LogP contribution in [0.2, 0.25) is 0 Å². The maximum Gasteiger partial charge on any atom is 0.326 e. The number of aliphatic carboxylic acids is 1. The zero-order valence-electron chi connectivity index (χ0n) is 16.2. The lowest BCUT2D eigenvalue weighted by molar-refractivity contribution is -0.139. The van der Waals surface area contributed by atoms with Gasteiger partial charge in [-0.3, -0.25) is 0 Å². The van der Waals surface area contributed by atoms with Gasteiger partial charge in [-0.1, -0.05) is 83.3 Å². The molecule has 0 aliphatic carbocycles. The molecule has 0 bridgehead atoms. The molecule has 1 atom stereocenters. The van der Waals surface area contributed by atoms with Crippen molar-refractivity contribution in [2.24, 2.45) is 5.73 Å². The molecule has 0 aromatic rings. The molecule has 0 aliphatic rings. The molecule has 4 nitrogen and oxygen atoms in total.